The largest absolute Gasteiger partial charge is 0.332 e. The van der Waals surface area contributed by atoms with E-state index in [4.69, 9.17) is 0 Å². The third kappa shape index (κ3) is 4.98. The van der Waals surface area contributed by atoms with E-state index in [0.717, 1.165) is 49.6 Å². The number of aromatic nitrogens is 3. The minimum absolute atomic E-state index is 0.0332. The van der Waals surface area contributed by atoms with E-state index in [2.05, 4.69) is 31.1 Å². The van der Waals surface area contributed by atoms with E-state index >= 15 is 0 Å². The highest BCUT2D eigenvalue weighted by atomic mass is 32.2. The van der Waals surface area contributed by atoms with Crippen LogP contribution in [0.25, 0.3) is 0 Å². The molecule has 1 saturated carbocycles. The molecule has 28 heavy (non-hydrogen) atoms. The summed E-state index contributed by atoms with van der Waals surface area (Å²) in [6.45, 7) is 0. The fraction of sp³-hybridized carbons (Fsp3) is 0.789. The first-order valence-corrected chi connectivity index (χ1v) is 11.6. The van der Waals surface area contributed by atoms with Gasteiger partial charge in [0.05, 0.1) is 12.1 Å². The van der Waals surface area contributed by atoms with Crippen LogP contribution in [0.3, 0.4) is 0 Å². The van der Waals surface area contributed by atoms with Crippen LogP contribution < -0.4 is 16.0 Å². The van der Waals surface area contributed by atoms with Crippen molar-refractivity contribution in [1.29, 1.82) is 0 Å². The van der Waals surface area contributed by atoms with Crippen molar-refractivity contribution in [3.63, 3.8) is 0 Å². The molecule has 2 aliphatic heterocycles. The number of rotatable bonds is 9. The SMILES string of the molecule is O=C(CCCC[C@@H]1SC[C@@H]2NC(=O)N[C@@H]21)Nc1n[nH]c(CCC2CCCC2)n1. The summed E-state index contributed by atoms with van der Waals surface area (Å²) < 4.78 is 0. The lowest BCUT2D eigenvalue weighted by Gasteiger charge is -2.16. The first-order valence-electron chi connectivity index (χ1n) is 10.6. The number of carbonyl (C=O) groups excluding carboxylic acids is 2. The zero-order valence-corrected chi connectivity index (χ0v) is 17.0. The Hall–Kier alpha value is -1.77. The minimum Gasteiger partial charge on any atom is -0.332 e. The third-order valence-corrected chi connectivity index (χ3v) is 7.64. The molecule has 0 radical (unpaired) electrons. The number of hydrogen-bond donors (Lipinski definition) is 4. The highest BCUT2D eigenvalue weighted by molar-refractivity contribution is 8.00. The van der Waals surface area contributed by atoms with Crippen LogP contribution in [-0.2, 0) is 11.2 Å². The molecule has 9 heteroatoms. The van der Waals surface area contributed by atoms with E-state index in [0.29, 0.717) is 17.6 Å². The second-order valence-corrected chi connectivity index (χ2v) is 9.48. The van der Waals surface area contributed by atoms with Crippen molar-refractivity contribution in [2.45, 2.75) is 81.5 Å². The fourth-order valence-electron chi connectivity index (χ4n) is 4.56. The summed E-state index contributed by atoms with van der Waals surface area (Å²) in [6.07, 6.45) is 10.7. The topological polar surface area (TPSA) is 112 Å². The molecule has 0 unspecified atom stereocenters. The van der Waals surface area contributed by atoms with Crippen molar-refractivity contribution in [3.05, 3.63) is 5.82 Å². The maximum absolute atomic E-state index is 12.1. The van der Waals surface area contributed by atoms with Gasteiger partial charge in [-0.15, -0.1) is 5.10 Å². The van der Waals surface area contributed by atoms with Crippen LogP contribution >= 0.6 is 11.8 Å². The van der Waals surface area contributed by atoms with Crippen LogP contribution in [0.1, 0.15) is 63.6 Å². The van der Waals surface area contributed by atoms with Gasteiger partial charge in [0.2, 0.25) is 11.9 Å². The molecule has 3 atom stereocenters. The van der Waals surface area contributed by atoms with Crippen LogP contribution in [0.15, 0.2) is 0 Å². The van der Waals surface area contributed by atoms with E-state index in [-0.39, 0.29) is 24.0 Å². The molecule has 0 spiro atoms. The Morgan fingerprint density at radius 2 is 2.04 bits per heavy atom. The Morgan fingerprint density at radius 3 is 2.89 bits per heavy atom. The van der Waals surface area contributed by atoms with Crippen LogP contribution in [0.2, 0.25) is 0 Å². The molecule has 3 fully saturated rings. The molecule has 0 bridgehead atoms. The maximum atomic E-state index is 12.1. The number of aromatic amines is 1. The highest BCUT2D eigenvalue weighted by Crippen LogP contribution is 2.33. The fourth-order valence-corrected chi connectivity index (χ4v) is 6.11. The normalized spacial score (nSPS) is 26.9. The summed E-state index contributed by atoms with van der Waals surface area (Å²) in [5.74, 6) is 3.02. The van der Waals surface area contributed by atoms with Gasteiger partial charge >= 0.3 is 6.03 Å². The smallest absolute Gasteiger partial charge is 0.315 e. The Kier molecular flexibility index (Phi) is 6.39. The first kappa shape index (κ1) is 19.5. The van der Waals surface area contributed by atoms with Gasteiger partial charge in [-0.1, -0.05) is 32.1 Å². The summed E-state index contributed by atoms with van der Waals surface area (Å²) in [7, 11) is 0. The molecular formula is C19H30N6O2S. The van der Waals surface area contributed by atoms with Crippen molar-refractivity contribution < 1.29 is 9.59 Å². The Labute approximate surface area is 169 Å². The van der Waals surface area contributed by atoms with Gasteiger partial charge in [0, 0.05) is 23.8 Å². The lowest BCUT2D eigenvalue weighted by atomic mass is 10.0. The molecular weight excluding hydrogens is 376 g/mol. The van der Waals surface area contributed by atoms with Crippen LogP contribution in [0.4, 0.5) is 10.7 Å². The molecule has 3 aliphatic rings. The van der Waals surface area contributed by atoms with E-state index in [9.17, 15) is 9.59 Å². The predicted octanol–water partition coefficient (Wildman–Crippen LogP) is 2.59. The number of H-pyrrole nitrogens is 1. The quantitative estimate of drug-likeness (QED) is 0.372. The molecule has 8 nitrogen and oxygen atoms in total. The number of nitrogens with one attached hydrogen (secondary N) is 4. The second kappa shape index (κ2) is 9.15. The Bertz CT molecular complexity index is 690. The standard InChI is InChI=1S/C19H30N6O2S/c26-16(8-4-3-7-14-17-13(11-28-14)20-19(27)23-17)22-18-21-15(24-25-18)10-9-12-5-1-2-6-12/h12-14,17H,1-11H2,(H2,20,23,27)(H2,21,22,24,25,26)/t13-,14-,17-/m0/s1. The number of thioether (sulfide) groups is 1. The Balaban J connectivity index is 1.11. The van der Waals surface area contributed by atoms with Gasteiger partial charge in [-0.25, -0.2) is 4.79 Å². The molecule has 3 amide bonds. The summed E-state index contributed by atoms with van der Waals surface area (Å²) >= 11 is 1.91. The number of amides is 3. The molecule has 1 aromatic heterocycles. The van der Waals surface area contributed by atoms with Crippen molar-refractivity contribution >= 4 is 29.6 Å². The third-order valence-electron chi connectivity index (χ3n) is 6.13. The summed E-state index contributed by atoms with van der Waals surface area (Å²) in [6, 6.07) is 0.454. The molecule has 4 rings (SSSR count). The molecule has 2 saturated heterocycles. The number of unbranched alkanes of at least 4 members (excludes halogenated alkanes) is 1. The van der Waals surface area contributed by atoms with Gasteiger partial charge in [0.15, 0.2) is 0 Å². The van der Waals surface area contributed by atoms with E-state index < -0.39 is 0 Å². The van der Waals surface area contributed by atoms with E-state index in [1.54, 1.807) is 0 Å². The van der Waals surface area contributed by atoms with Gasteiger partial charge < -0.3 is 10.6 Å². The number of urea groups is 1. The summed E-state index contributed by atoms with van der Waals surface area (Å²) in [5, 5.41) is 16.3. The zero-order valence-electron chi connectivity index (χ0n) is 16.2. The second-order valence-electron chi connectivity index (χ2n) is 8.21. The number of hydrogen-bond acceptors (Lipinski definition) is 5. The minimum atomic E-state index is -0.0474. The molecule has 154 valence electrons. The summed E-state index contributed by atoms with van der Waals surface area (Å²) in [4.78, 5) is 27.9. The van der Waals surface area contributed by atoms with Crippen LogP contribution in [-0.4, -0.2) is 50.2 Å². The van der Waals surface area contributed by atoms with Gasteiger partial charge in [-0.3, -0.25) is 15.2 Å². The lowest BCUT2D eigenvalue weighted by molar-refractivity contribution is -0.116. The van der Waals surface area contributed by atoms with Gasteiger partial charge in [-0.2, -0.15) is 16.7 Å². The number of aryl methyl sites for hydroxylation is 1. The zero-order chi connectivity index (χ0) is 19.3. The van der Waals surface area contributed by atoms with Crippen molar-refractivity contribution in [2.24, 2.45) is 5.92 Å². The van der Waals surface area contributed by atoms with Crippen molar-refractivity contribution in [1.82, 2.24) is 25.8 Å². The number of anilines is 1. The molecule has 3 heterocycles. The molecule has 1 aromatic rings. The van der Waals surface area contributed by atoms with Gasteiger partial charge in [0.25, 0.3) is 0 Å². The average Bonchev–Trinajstić information content (AvgIpc) is 3.43. The highest BCUT2D eigenvalue weighted by Gasteiger charge is 2.42. The van der Waals surface area contributed by atoms with Gasteiger partial charge in [-0.05, 0) is 25.2 Å². The first-order chi connectivity index (χ1) is 13.7. The number of nitrogens with zero attached hydrogens (tertiary/aromatic N) is 2. The number of carbonyl (C=O) groups is 2. The predicted molar refractivity (Wildman–Crippen MR) is 109 cm³/mol. The van der Waals surface area contributed by atoms with Crippen LogP contribution in [0, 0.1) is 5.92 Å². The molecule has 1 aliphatic carbocycles. The average molecular weight is 407 g/mol. The van der Waals surface area contributed by atoms with E-state index in [1.165, 1.54) is 25.7 Å². The molecule has 4 N–H and O–H groups in total. The van der Waals surface area contributed by atoms with E-state index in [1.807, 2.05) is 11.8 Å². The summed E-state index contributed by atoms with van der Waals surface area (Å²) in [5.41, 5.74) is 0. The maximum Gasteiger partial charge on any atom is 0.315 e. The monoisotopic (exact) mass is 406 g/mol. The number of fused-ring (bicyclic) bond motifs is 1. The van der Waals surface area contributed by atoms with Crippen LogP contribution in [0.5, 0.6) is 0 Å². The van der Waals surface area contributed by atoms with Gasteiger partial charge in [0.1, 0.15) is 5.82 Å². The Morgan fingerprint density at radius 1 is 1.18 bits per heavy atom. The van der Waals surface area contributed by atoms with Crippen molar-refractivity contribution in [2.75, 3.05) is 11.1 Å². The molecule has 0 aromatic carbocycles. The lowest BCUT2D eigenvalue weighted by Crippen LogP contribution is -2.36. The van der Waals surface area contributed by atoms with Crippen molar-refractivity contribution in [3.8, 4) is 0 Å².